The lowest BCUT2D eigenvalue weighted by Crippen LogP contribution is -2.53. The molecule has 0 saturated carbocycles. The van der Waals surface area contributed by atoms with Gasteiger partial charge in [-0.1, -0.05) is 88.4 Å². The molecule has 410 valence electrons. The van der Waals surface area contributed by atoms with E-state index >= 15 is 8.78 Å². The molecule has 4 heterocycles. The number of halogens is 2. The average molecular weight is 1060 g/mol. The van der Waals surface area contributed by atoms with E-state index in [0.717, 1.165) is 22.3 Å². The van der Waals surface area contributed by atoms with Crippen LogP contribution in [0.15, 0.2) is 84.9 Å². The minimum absolute atomic E-state index is 0.0426. The molecule has 0 aliphatic carbocycles. The number of ketones is 2. The van der Waals surface area contributed by atoms with E-state index in [0.29, 0.717) is 99.3 Å². The summed E-state index contributed by atoms with van der Waals surface area (Å²) in [6.07, 6.45) is 4.35. The van der Waals surface area contributed by atoms with Gasteiger partial charge in [-0.15, -0.1) is 0 Å². The van der Waals surface area contributed by atoms with Crippen molar-refractivity contribution >= 4 is 63.9 Å². The molecule has 6 N–H and O–H groups in total. The highest BCUT2D eigenvalue weighted by Gasteiger charge is 2.42. The standard InChI is InChI=1S/C59H72F2N8O8/c1-34(2)53(64-58(74)76-5)56(72)67-24-10-14-49(67)51(70)30-38-16-18-40(28-45(38)62)47-20-21-48(69(47)42-32-43(60)55(44(61)33-42)66-26-22-37(23-27-66)36-12-8-7-9-13-36)41-19-17-39(46(63)29-41)31-52(71)50-15-11-25-68(50)57(73)54(35(3)4)65-59(75)77-6/h7-9,12-13,16-19,22,28-29,32-35,47-50,53-54H,10-11,14-15,20-21,23-27,30-31,62-63H2,1-6H3,(H,64,74)(H,65,75)/t47-,48-,49+,50+,53+,54+/m1/s1. The first-order valence-corrected chi connectivity index (χ1v) is 26.8. The molecule has 4 aromatic rings. The number of nitrogen functional groups attached to an aromatic ring is 2. The van der Waals surface area contributed by atoms with Gasteiger partial charge < -0.3 is 51.2 Å². The van der Waals surface area contributed by atoms with Gasteiger partial charge in [0.05, 0.1) is 38.4 Å². The van der Waals surface area contributed by atoms with Crippen LogP contribution in [0.4, 0.5) is 41.1 Å². The van der Waals surface area contributed by atoms with Crippen LogP contribution >= 0.6 is 0 Å². The van der Waals surface area contributed by atoms with E-state index in [9.17, 15) is 28.8 Å². The Kier molecular flexibility index (Phi) is 17.5. The molecule has 8 rings (SSSR count). The van der Waals surface area contributed by atoms with E-state index in [-0.39, 0.29) is 53.7 Å². The van der Waals surface area contributed by atoms with E-state index < -0.39 is 60.1 Å². The summed E-state index contributed by atoms with van der Waals surface area (Å²) in [5, 5.41) is 5.23. The molecule has 16 nitrogen and oxygen atoms in total. The Balaban J connectivity index is 1.05. The van der Waals surface area contributed by atoms with E-state index in [4.69, 9.17) is 20.9 Å². The first-order valence-electron chi connectivity index (χ1n) is 26.8. The number of anilines is 4. The second-order valence-corrected chi connectivity index (χ2v) is 21.4. The monoisotopic (exact) mass is 1060 g/mol. The Morgan fingerprint density at radius 1 is 0.636 bits per heavy atom. The zero-order chi connectivity index (χ0) is 55.2. The van der Waals surface area contributed by atoms with Crippen LogP contribution in [0.25, 0.3) is 5.57 Å². The Hall–Kier alpha value is -7.50. The van der Waals surface area contributed by atoms with Crippen molar-refractivity contribution in [2.24, 2.45) is 11.8 Å². The number of amides is 4. The van der Waals surface area contributed by atoms with Gasteiger partial charge in [-0.05, 0) is 114 Å². The third-order valence-electron chi connectivity index (χ3n) is 15.8. The van der Waals surface area contributed by atoms with Crippen LogP contribution in [0.1, 0.15) is 113 Å². The van der Waals surface area contributed by atoms with Gasteiger partial charge in [-0.2, -0.15) is 0 Å². The van der Waals surface area contributed by atoms with Gasteiger partial charge in [0.2, 0.25) is 11.8 Å². The maximum absolute atomic E-state index is 16.7. The summed E-state index contributed by atoms with van der Waals surface area (Å²) in [6, 6.07) is 19.6. The van der Waals surface area contributed by atoms with Crippen LogP contribution in [0.3, 0.4) is 0 Å². The molecule has 77 heavy (non-hydrogen) atoms. The van der Waals surface area contributed by atoms with Crippen LogP contribution in [0, 0.1) is 23.5 Å². The SMILES string of the molecule is COC(=O)N[C@H](C(=O)N1CCC[C@H]1C(=O)Cc1ccc([C@H]2CC[C@H](c3ccc(CC(=O)[C@@H]4CCCN4C(=O)[C@@H](NC(=O)OC)C(C)C)c(N)c3)N2c2cc(F)c(N3CC=C(c4ccccc4)CC3)c(F)c2)cc1N)C(C)C. The van der Waals surface area contributed by atoms with Crippen molar-refractivity contribution in [1.29, 1.82) is 0 Å². The summed E-state index contributed by atoms with van der Waals surface area (Å²) < 4.78 is 42.9. The molecule has 0 radical (unpaired) electrons. The van der Waals surface area contributed by atoms with Crippen LogP contribution in [0.5, 0.6) is 0 Å². The molecule has 18 heteroatoms. The van der Waals surface area contributed by atoms with Crippen molar-refractivity contribution in [1.82, 2.24) is 20.4 Å². The minimum atomic E-state index is -0.875. The van der Waals surface area contributed by atoms with Crippen LogP contribution < -0.4 is 31.9 Å². The number of carbonyl (C=O) groups is 6. The lowest BCUT2D eigenvalue weighted by Gasteiger charge is -2.35. The normalized spacial score (nSPS) is 20.3. The van der Waals surface area contributed by atoms with E-state index in [1.54, 1.807) is 29.2 Å². The number of hydrogen-bond donors (Lipinski definition) is 4. The number of methoxy groups -OCH3 is 2. The quantitative estimate of drug-likeness (QED) is 0.0734. The molecule has 0 bridgehead atoms. The highest BCUT2D eigenvalue weighted by molar-refractivity contribution is 5.95. The Labute approximate surface area is 449 Å². The fourth-order valence-corrected chi connectivity index (χ4v) is 11.7. The molecule has 3 saturated heterocycles. The summed E-state index contributed by atoms with van der Waals surface area (Å²) in [7, 11) is 2.45. The van der Waals surface area contributed by atoms with Crippen molar-refractivity contribution in [3.8, 4) is 0 Å². The predicted molar refractivity (Wildman–Crippen MR) is 292 cm³/mol. The number of carbonyl (C=O) groups excluding carboxylic acids is 6. The van der Waals surface area contributed by atoms with Crippen molar-refractivity contribution in [3.63, 3.8) is 0 Å². The van der Waals surface area contributed by atoms with Gasteiger partial charge in [-0.3, -0.25) is 19.2 Å². The van der Waals surface area contributed by atoms with Crippen LogP contribution in [0.2, 0.25) is 0 Å². The van der Waals surface area contributed by atoms with Crippen molar-refractivity contribution in [3.05, 3.63) is 124 Å². The molecule has 4 aliphatic heterocycles. The molecule has 4 aromatic carbocycles. The number of alkyl carbamates (subject to hydrolysis) is 2. The molecular formula is C59H72F2N8O8. The lowest BCUT2D eigenvalue weighted by atomic mass is 9.96. The number of nitrogens with one attached hydrogen (secondary N) is 2. The van der Waals surface area contributed by atoms with Crippen molar-refractivity contribution < 1.29 is 47.0 Å². The summed E-state index contributed by atoms with van der Waals surface area (Å²) >= 11 is 0. The summed E-state index contributed by atoms with van der Waals surface area (Å²) in [4.78, 5) is 86.5. The molecule has 4 amide bonds. The number of nitrogens with two attached hydrogens (primary N) is 2. The van der Waals surface area contributed by atoms with E-state index in [1.807, 2.05) is 81.1 Å². The number of hydrogen-bond acceptors (Lipinski definition) is 12. The van der Waals surface area contributed by atoms with Crippen LogP contribution in [-0.2, 0) is 41.5 Å². The summed E-state index contributed by atoms with van der Waals surface area (Å²) in [5.74, 6) is -3.01. The molecule has 3 fully saturated rings. The number of Topliss-reactive ketones (excluding diaryl/α,β-unsaturated/α-hetero) is 2. The summed E-state index contributed by atoms with van der Waals surface area (Å²) in [6.45, 7) is 8.72. The smallest absolute Gasteiger partial charge is 0.407 e. The second kappa shape index (κ2) is 24.2. The largest absolute Gasteiger partial charge is 0.453 e. The fraction of sp³-hybridized carbons (Fsp3) is 0.458. The molecule has 4 aliphatic rings. The van der Waals surface area contributed by atoms with Crippen molar-refractivity contribution in [2.75, 3.05) is 61.7 Å². The molecular weight excluding hydrogens is 987 g/mol. The fourth-order valence-electron chi connectivity index (χ4n) is 11.7. The maximum atomic E-state index is 16.7. The van der Waals surface area contributed by atoms with Gasteiger partial charge in [0.15, 0.2) is 23.2 Å². The van der Waals surface area contributed by atoms with Gasteiger partial charge in [0.1, 0.15) is 17.8 Å². The number of likely N-dealkylation sites (tertiary alicyclic amines) is 2. The summed E-state index contributed by atoms with van der Waals surface area (Å²) in [5.41, 5.74) is 19.3. The van der Waals surface area contributed by atoms with Gasteiger partial charge >= 0.3 is 12.2 Å². The number of ether oxygens (including phenoxy) is 2. The topological polar surface area (TPSA) is 210 Å². The van der Waals surface area contributed by atoms with E-state index in [2.05, 4.69) is 10.6 Å². The zero-order valence-electron chi connectivity index (χ0n) is 44.9. The molecule has 6 atom stereocenters. The van der Waals surface area contributed by atoms with Gasteiger partial charge in [0, 0.05) is 56.1 Å². The number of rotatable bonds is 17. The minimum Gasteiger partial charge on any atom is -0.453 e. The molecule has 0 spiro atoms. The lowest BCUT2D eigenvalue weighted by molar-refractivity contribution is -0.140. The first-order chi connectivity index (χ1) is 36.9. The highest BCUT2D eigenvalue weighted by Crippen LogP contribution is 2.49. The Bertz CT molecular complexity index is 2740. The van der Waals surface area contributed by atoms with E-state index in [1.165, 1.54) is 36.2 Å². The Morgan fingerprint density at radius 2 is 1.10 bits per heavy atom. The van der Waals surface area contributed by atoms with Crippen molar-refractivity contribution in [2.45, 2.75) is 122 Å². The highest BCUT2D eigenvalue weighted by atomic mass is 19.1. The maximum Gasteiger partial charge on any atom is 0.407 e. The third-order valence-corrected chi connectivity index (χ3v) is 15.8. The number of nitrogens with zero attached hydrogens (tertiary/aromatic N) is 4. The average Bonchev–Trinajstić information content (AvgIpc) is 4.29. The Morgan fingerprint density at radius 3 is 1.51 bits per heavy atom. The van der Waals surface area contributed by atoms with Crippen LogP contribution in [-0.4, -0.2) is 110 Å². The number of benzene rings is 4. The molecule has 0 aromatic heterocycles. The van der Waals surface area contributed by atoms with Gasteiger partial charge in [0.25, 0.3) is 0 Å². The first kappa shape index (κ1) is 55.7. The second-order valence-electron chi connectivity index (χ2n) is 21.4. The zero-order valence-corrected chi connectivity index (χ0v) is 44.9. The molecule has 0 unspecified atom stereocenters. The van der Waals surface area contributed by atoms with Gasteiger partial charge in [-0.25, -0.2) is 18.4 Å². The predicted octanol–water partition coefficient (Wildman–Crippen LogP) is 8.47. The third kappa shape index (κ3) is 12.2.